The molecular formula is C31H41N4O4+. The molecule has 0 bridgehead atoms. The largest absolute Gasteiger partial charge is 0.489 e. The highest BCUT2D eigenvalue weighted by Crippen LogP contribution is 2.33. The van der Waals surface area contributed by atoms with Crippen LogP contribution in [0.4, 0.5) is 0 Å². The zero-order valence-electron chi connectivity index (χ0n) is 23.3. The highest BCUT2D eigenvalue weighted by atomic mass is 16.5. The first-order valence-corrected chi connectivity index (χ1v) is 14.1. The first-order valence-electron chi connectivity index (χ1n) is 14.1. The summed E-state index contributed by atoms with van der Waals surface area (Å²) in [6, 6.07) is 17.6. The number of carbonyl (C=O) groups is 2. The Hall–Kier alpha value is -3.49. The number of aryl methyl sites for hydroxylation is 1. The topological polar surface area (TPSA) is 101 Å². The minimum atomic E-state index is -0.343. The molecular weight excluding hydrogens is 492 g/mol. The molecule has 3 atom stereocenters. The molecule has 208 valence electrons. The van der Waals surface area contributed by atoms with Gasteiger partial charge in [0.1, 0.15) is 31.5 Å². The highest BCUT2D eigenvalue weighted by molar-refractivity contribution is 5.93. The van der Waals surface area contributed by atoms with Crippen LogP contribution in [0.2, 0.25) is 0 Å². The Morgan fingerprint density at radius 3 is 2.59 bits per heavy atom. The summed E-state index contributed by atoms with van der Waals surface area (Å²) >= 11 is 0. The summed E-state index contributed by atoms with van der Waals surface area (Å²) < 4.78 is 6.62. The maximum atomic E-state index is 13.5. The lowest BCUT2D eigenvalue weighted by Crippen LogP contribution is -2.68. The minimum absolute atomic E-state index is 0.0987. The lowest BCUT2D eigenvalue weighted by molar-refractivity contribution is -0.988. The van der Waals surface area contributed by atoms with Crippen molar-refractivity contribution in [1.29, 1.82) is 0 Å². The van der Waals surface area contributed by atoms with Crippen molar-refractivity contribution >= 4 is 22.7 Å². The van der Waals surface area contributed by atoms with Crippen LogP contribution < -0.4 is 15.6 Å². The summed E-state index contributed by atoms with van der Waals surface area (Å²) in [6.45, 7) is 8.31. The Bertz CT molecular complexity index is 1280. The number of hydrogen-bond acceptors (Lipinski definition) is 5. The van der Waals surface area contributed by atoms with Crippen LogP contribution in [0.25, 0.3) is 10.9 Å². The van der Waals surface area contributed by atoms with Crippen LogP contribution >= 0.6 is 0 Å². The third-order valence-corrected chi connectivity index (χ3v) is 7.85. The van der Waals surface area contributed by atoms with Crippen molar-refractivity contribution in [3.05, 3.63) is 71.4 Å². The van der Waals surface area contributed by atoms with Crippen LogP contribution in [-0.4, -0.2) is 45.7 Å². The van der Waals surface area contributed by atoms with E-state index < -0.39 is 0 Å². The molecule has 4 rings (SSSR count). The molecule has 0 aliphatic carbocycles. The molecule has 3 aromatic rings. The van der Waals surface area contributed by atoms with Crippen LogP contribution in [0.1, 0.15) is 74.0 Å². The van der Waals surface area contributed by atoms with Gasteiger partial charge in [-0.25, -0.2) is 10.1 Å². The van der Waals surface area contributed by atoms with Gasteiger partial charge in [-0.15, -0.1) is 0 Å². The minimum Gasteiger partial charge on any atom is -0.489 e. The van der Waals surface area contributed by atoms with E-state index in [1.165, 1.54) is 0 Å². The van der Waals surface area contributed by atoms with E-state index in [9.17, 15) is 9.59 Å². The summed E-state index contributed by atoms with van der Waals surface area (Å²) in [4.78, 5) is 29.8. The van der Waals surface area contributed by atoms with Crippen molar-refractivity contribution < 1.29 is 24.1 Å². The molecule has 3 unspecified atom stereocenters. The van der Waals surface area contributed by atoms with E-state index >= 15 is 0 Å². The Morgan fingerprint density at radius 1 is 1.10 bits per heavy atom. The molecule has 39 heavy (non-hydrogen) atoms. The number of likely N-dealkylation sites (tertiary alicyclic amines) is 1. The van der Waals surface area contributed by atoms with Gasteiger partial charge in [0.2, 0.25) is 5.91 Å². The normalized spacial score (nSPS) is 20.9. The van der Waals surface area contributed by atoms with Gasteiger partial charge in [0, 0.05) is 47.9 Å². The van der Waals surface area contributed by atoms with Gasteiger partial charge in [0.15, 0.2) is 0 Å². The van der Waals surface area contributed by atoms with Crippen molar-refractivity contribution in [3.63, 3.8) is 0 Å². The fourth-order valence-electron chi connectivity index (χ4n) is 6.03. The number of hydroxylamine groups is 1. The van der Waals surface area contributed by atoms with E-state index in [4.69, 9.17) is 9.94 Å². The Balaban J connectivity index is 1.44. The Labute approximate surface area is 230 Å². The van der Waals surface area contributed by atoms with Gasteiger partial charge in [-0.1, -0.05) is 38.5 Å². The number of quaternary nitrogens is 1. The van der Waals surface area contributed by atoms with E-state index in [-0.39, 0.29) is 23.8 Å². The van der Waals surface area contributed by atoms with E-state index in [1.807, 2.05) is 55.5 Å². The predicted octanol–water partition coefficient (Wildman–Crippen LogP) is 5.47. The summed E-state index contributed by atoms with van der Waals surface area (Å²) in [6.07, 6.45) is 4.89. The molecule has 2 amide bonds. The van der Waals surface area contributed by atoms with Crippen molar-refractivity contribution in [1.82, 2.24) is 15.9 Å². The first kappa shape index (κ1) is 28.5. The number of ether oxygens (including phenoxy) is 1. The predicted molar refractivity (Wildman–Crippen MR) is 151 cm³/mol. The van der Waals surface area contributed by atoms with Crippen LogP contribution in [0.15, 0.2) is 54.6 Å². The number of rotatable bonds is 11. The second kappa shape index (κ2) is 13.0. The SMILES string of the molecule is CCCC1CC(CC(=O)NO)CC[N+]1(CCC)NC(=O)c1ccc(OCc2cc(C)nc3ccccc23)cc1. The zero-order chi connectivity index (χ0) is 27.8. The molecule has 0 radical (unpaired) electrons. The van der Waals surface area contributed by atoms with Gasteiger partial charge >= 0.3 is 0 Å². The van der Waals surface area contributed by atoms with Crippen molar-refractivity contribution in [2.75, 3.05) is 13.1 Å². The maximum Gasteiger partial charge on any atom is 0.295 e. The number of nitrogens with zero attached hydrogens (tertiary/aromatic N) is 2. The van der Waals surface area contributed by atoms with Gasteiger partial charge in [-0.2, -0.15) is 5.43 Å². The Kier molecular flexibility index (Phi) is 9.54. The van der Waals surface area contributed by atoms with Gasteiger partial charge in [-0.05, 0) is 55.7 Å². The highest BCUT2D eigenvalue weighted by Gasteiger charge is 2.44. The molecule has 2 heterocycles. The van der Waals surface area contributed by atoms with Crippen LogP contribution in [0, 0.1) is 12.8 Å². The molecule has 2 aromatic carbocycles. The van der Waals surface area contributed by atoms with Crippen molar-refractivity contribution in [2.24, 2.45) is 5.92 Å². The number of para-hydroxylation sites is 1. The van der Waals surface area contributed by atoms with E-state index in [1.54, 1.807) is 5.48 Å². The third-order valence-electron chi connectivity index (χ3n) is 7.85. The van der Waals surface area contributed by atoms with Gasteiger partial charge in [0.25, 0.3) is 5.91 Å². The smallest absolute Gasteiger partial charge is 0.295 e. The van der Waals surface area contributed by atoms with Crippen molar-refractivity contribution in [2.45, 2.75) is 71.9 Å². The summed E-state index contributed by atoms with van der Waals surface area (Å²) in [5.74, 6) is 0.462. The fraction of sp³-hybridized carbons (Fsp3) is 0.452. The molecule has 0 saturated carbocycles. The standard InChI is InChI=1S/C31H40N4O4/c1-4-8-26-19-23(20-30(36)34-38)15-17-35(26,16-5-2)33-31(37)24-11-13-27(14-12-24)39-21-25-18-22(3)32-29-10-7-6-9-28(25)29/h6-7,9-14,18,23,26H,4-5,8,15-17,19-21H2,1-3H3,(H2-,33,34,36,37,38)/p+1. The van der Waals surface area contributed by atoms with Gasteiger partial charge < -0.3 is 4.74 Å². The number of pyridine rings is 1. The fourth-order valence-corrected chi connectivity index (χ4v) is 6.03. The number of fused-ring (bicyclic) bond motifs is 1. The molecule has 3 N–H and O–H groups in total. The number of hydrogen-bond donors (Lipinski definition) is 3. The molecule has 1 aliphatic rings. The number of amides is 2. The second-order valence-corrected chi connectivity index (χ2v) is 10.7. The van der Waals surface area contributed by atoms with Crippen LogP contribution in [0.5, 0.6) is 5.75 Å². The zero-order valence-corrected chi connectivity index (χ0v) is 23.3. The monoisotopic (exact) mass is 533 g/mol. The second-order valence-electron chi connectivity index (χ2n) is 10.7. The number of piperidine rings is 1. The lowest BCUT2D eigenvalue weighted by atomic mass is 9.85. The number of aromatic nitrogens is 1. The van der Waals surface area contributed by atoms with Gasteiger partial charge in [-0.3, -0.25) is 19.8 Å². The first-order chi connectivity index (χ1) is 18.9. The maximum absolute atomic E-state index is 13.5. The average molecular weight is 534 g/mol. The summed E-state index contributed by atoms with van der Waals surface area (Å²) in [5, 5.41) is 10.0. The molecule has 8 nitrogen and oxygen atoms in total. The number of nitrogens with one attached hydrogen (secondary N) is 2. The molecule has 1 fully saturated rings. The van der Waals surface area contributed by atoms with Crippen LogP contribution in [0.3, 0.4) is 0 Å². The molecule has 1 saturated heterocycles. The van der Waals surface area contributed by atoms with Crippen LogP contribution in [-0.2, 0) is 11.4 Å². The van der Waals surface area contributed by atoms with E-state index in [0.29, 0.717) is 28.9 Å². The summed E-state index contributed by atoms with van der Waals surface area (Å²) in [5.41, 5.74) is 8.72. The molecule has 0 spiro atoms. The third kappa shape index (κ3) is 6.94. The molecule has 8 heteroatoms. The summed E-state index contributed by atoms with van der Waals surface area (Å²) in [7, 11) is 0. The number of carbonyl (C=O) groups excluding carboxylic acids is 2. The number of benzene rings is 2. The Morgan fingerprint density at radius 2 is 1.87 bits per heavy atom. The molecule has 1 aliphatic heterocycles. The average Bonchev–Trinajstić information content (AvgIpc) is 2.94. The van der Waals surface area contributed by atoms with E-state index in [0.717, 1.165) is 67.4 Å². The quantitative estimate of drug-likeness (QED) is 0.172. The van der Waals surface area contributed by atoms with E-state index in [2.05, 4.69) is 30.3 Å². The van der Waals surface area contributed by atoms with Gasteiger partial charge in [0.05, 0.1) is 5.52 Å². The van der Waals surface area contributed by atoms with Crippen molar-refractivity contribution in [3.8, 4) is 5.75 Å². The molecule has 1 aromatic heterocycles. The lowest BCUT2D eigenvalue weighted by Gasteiger charge is -2.48.